The van der Waals surface area contributed by atoms with Crippen LogP contribution in [-0.4, -0.2) is 18.3 Å². The number of allylic oxidation sites excluding steroid dienone is 1. The minimum atomic E-state index is -0.0644. The average molecular weight is 379 g/mol. The first-order chi connectivity index (χ1) is 12.0. The second-order valence-corrected chi connectivity index (χ2v) is 11.5. The van der Waals surface area contributed by atoms with Gasteiger partial charge in [0.2, 0.25) is 0 Å². The van der Waals surface area contributed by atoms with Crippen molar-refractivity contribution in [1.82, 2.24) is 0 Å². The molecule has 4 aliphatic carbocycles. The molecule has 4 aliphatic rings. The van der Waals surface area contributed by atoms with Gasteiger partial charge in [0.05, 0.1) is 0 Å². The molecule has 0 spiro atoms. The first-order valence-electron chi connectivity index (χ1n) is 10.3. The van der Waals surface area contributed by atoms with Crippen LogP contribution in [0.4, 0.5) is 0 Å². The van der Waals surface area contributed by atoms with Gasteiger partial charge in [-0.15, -0.1) is 23.5 Å². The van der Waals surface area contributed by atoms with Crippen LogP contribution in [0.1, 0.15) is 71.6 Å². The molecular formula is C22H34OS2. The first-order valence-corrected chi connectivity index (χ1v) is 12.8. The fourth-order valence-corrected chi connectivity index (χ4v) is 8.95. The fraction of sp³-hybridized carbons (Fsp3) is 0.864. The summed E-state index contributed by atoms with van der Waals surface area (Å²) >= 11 is 3.57. The van der Waals surface area contributed by atoms with Crippen LogP contribution in [0.5, 0.6) is 0 Å². The second kappa shape index (κ2) is 6.62. The Kier molecular flexibility index (Phi) is 4.89. The van der Waals surface area contributed by atoms with Gasteiger partial charge < -0.3 is 0 Å². The van der Waals surface area contributed by atoms with Crippen molar-refractivity contribution in [3.05, 3.63) is 9.81 Å². The van der Waals surface area contributed by atoms with Gasteiger partial charge in [0.25, 0.3) is 0 Å². The van der Waals surface area contributed by atoms with Crippen molar-refractivity contribution in [3.63, 3.8) is 0 Å². The Morgan fingerprint density at radius 1 is 0.960 bits per heavy atom. The molecule has 0 unspecified atom stereocenters. The van der Waals surface area contributed by atoms with Crippen LogP contribution in [0.25, 0.3) is 0 Å². The topological polar surface area (TPSA) is 17.1 Å². The molecule has 4 fully saturated rings. The Bertz CT molecular complexity index is 591. The molecule has 0 amide bonds. The third-order valence-electron chi connectivity index (χ3n) is 8.81. The lowest BCUT2D eigenvalue weighted by Crippen LogP contribution is -2.52. The van der Waals surface area contributed by atoms with Crippen molar-refractivity contribution in [2.45, 2.75) is 71.6 Å². The summed E-state index contributed by atoms with van der Waals surface area (Å²) in [6, 6.07) is 0. The number of carbonyl (C=O) groups excluding carboxylic acids is 1. The number of ketones is 1. The van der Waals surface area contributed by atoms with Crippen LogP contribution in [-0.2, 0) is 4.79 Å². The standard InChI is InChI=1S/C22H34OS2/c1-21-11-6-5-7-14(21)8-9-15-17(21)10-12-22(2)18(15)13-16(19(22)23)20(24-3)25-4/h14-15,17-18H,5-13H2,1-4H3/t14-,15-,17+,18+,21+,22+/m1/s1. The predicted molar refractivity (Wildman–Crippen MR) is 111 cm³/mol. The van der Waals surface area contributed by atoms with Gasteiger partial charge >= 0.3 is 0 Å². The fourth-order valence-electron chi connectivity index (χ4n) is 7.44. The highest BCUT2D eigenvalue weighted by molar-refractivity contribution is 8.21. The van der Waals surface area contributed by atoms with E-state index in [0.29, 0.717) is 17.1 Å². The van der Waals surface area contributed by atoms with E-state index in [9.17, 15) is 4.79 Å². The number of hydrogen-bond donors (Lipinski definition) is 0. The van der Waals surface area contributed by atoms with Gasteiger partial charge in [-0.25, -0.2) is 0 Å². The molecule has 0 radical (unpaired) electrons. The molecule has 3 heteroatoms. The maximum atomic E-state index is 13.4. The largest absolute Gasteiger partial charge is 0.294 e. The van der Waals surface area contributed by atoms with Gasteiger partial charge in [-0.3, -0.25) is 4.79 Å². The molecule has 6 atom stereocenters. The second-order valence-electron chi connectivity index (χ2n) is 9.57. The van der Waals surface area contributed by atoms with Crippen LogP contribution in [0, 0.1) is 34.5 Å². The summed E-state index contributed by atoms with van der Waals surface area (Å²) < 4.78 is 1.29. The van der Waals surface area contributed by atoms with Crippen molar-refractivity contribution in [3.8, 4) is 0 Å². The molecule has 0 bridgehead atoms. The number of hydrogen-bond acceptors (Lipinski definition) is 3. The van der Waals surface area contributed by atoms with E-state index in [1.165, 1.54) is 54.8 Å². The Morgan fingerprint density at radius 3 is 2.44 bits per heavy atom. The van der Waals surface area contributed by atoms with Gasteiger partial charge in [-0.05, 0) is 86.5 Å². The van der Waals surface area contributed by atoms with E-state index in [4.69, 9.17) is 0 Å². The van der Waals surface area contributed by atoms with Crippen molar-refractivity contribution in [2.24, 2.45) is 34.5 Å². The van der Waals surface area contributed by atoms with Crippen molar-refractivity contribution >= 4 is 29.3 Å². The third-order valence-corrected chi connectivity index (χ3v) is 11.0. The van der Waals surface area contributed by atoms with Gasteiger partial charge in [-0.2, -0.15) is 0 Å². The number of carbonyl (C=O) groups is 1. The van der Waals surface area contributed by atoms with E-state index in [0.717, 1.165) is 30.6 Å². The van der Waals surface area contributed by atoms with Crippen molar-refractivity contribution in [2.75, 3.05) is 12.5 Å². The highest BCUT2D eigenvalue weighted by Crippen LogP contribution is 2.66. The Balaban J connectivity index is 1.68. The molecule has 1 nitrogen and oxygen atoms in total. The quantitative estimate of drug-likeness (QED) is 0.508. The molecule has 4 rings (SSSR count). The van der Waals surface area contributed by atoms with Crippen LogP contribution in [0.3, 0.4) is 0 Å². The summed E-state index contributed by atoms with van der Waals surface area (Å²) in [6.45, 7) is 4.94. The van der Waals surface area contributed by atoms with Crippen LogP contribution >= 0.6 is 23.5 Å². The van der Waals surface area contributed by atoms with E-state index >= 15 is 0 Å². The molecule has 0 saturated heterocycles. The zero-order chi connectivity index (χ0) is 17.8. The van der Waals surface area contributed by atoms with Crippen molar-refractivity contribution in [1.29, 1.82) is 0 Å². The number of Topliss-reactive ketones (excluding diaryl/α,β-unsaturated/α-hetero) is 1. The summed E-state index contributed by atoms with van der Waals surface area (Å²) in [5.41, 5.74) is 1.69. The highest BCUT2D eigenvalue weighted by atomic mass is 32.2. The van der Waals surface area contributed by atoms with Crippen LogP contribution in [0.15, 0.2) is 9.81 Å². The predicted octanol–water partition coefficient (Wildman–Crippen LogP) is 6.54. The third kappa shape index (κ3) is 2.62. The summed E-state index contributed by atoms with van der Waals surface area (Å²) in [5.74, 6) is 3.76. The maximum Gasteiger partial charge on any atom is 0.166 e. The van der Waals surface area contributed by atoms with E-state index in [2.05, 4.69) is 26.4 Å². The van der Waals surface area contributed by atoms with Crippen LogP contribution in [0.2, 0.25) is 0 Å². The molecule has 0 heterocycles. The number of thioether (sulfide) groups is 2. The number of fused-ring (bicyclic) bond motifs is 5. The Morgan fingerprint density at radius 2 is 1.72 bits per heavy atom. The van der Waals surface area contributed by atoms with Crippen molar-refractivity contribution < 1.29 is 4.79 Å². The van der Waals surface area contributed by atoms with Gasteiger partial charge in [-0.1, -0.05) is 26.7 Å². The Labute approximate surface area is 162 Å². The first kappa shape index (κ1) is 18.5. The monoisotopic (exact) mass is 378 g/mol. The molecular weight excluding hydrogens is 344 g/mol. The summed E-state index contributed by atoms with van der Waals surface area (Å²) in [7, 11) is 0. The molecule has 4 saturated carbocycles. The van der Waals surface area contributed by atoms with Gasteiger partial charge in [0.15, 0.2) is 5.78 Å². The lowest BCUT2D eigenvalue weighted by molar-refractivity contribution is -0.137. The molecule has 25 heavy (non-hydrogen) atoms. The Hall–Kier alpha value is 0.110. The van der Waals surface area contributed by atoms with E-state index in [1.54, 1.807) is 23.5 Å². The maximum absolute atomic E-state index is 13.4. The SMILES string of the molecule is CSC(SC)=C1C[C@H]2[C@@H]3CC[C@H]4CCCC[C@]4(C)[C@H]3CC[C@]2(C)C1=O. The average Bonchev–Trinajstić information content (AvgIpc) is 2.88. The molecule has 0 aromatic rings. The molecule has 0 aliphatic heterocycles. The molecule has 140 valence electrons. The summed E-state index contributed by atoms with van der Waals surface area (Å²) in [4.78, 5) is 13.4. The highest BCUT2D eigenvalue weighted by Gasteiger charge is 2.61. The van der Waals surface area contributed by atoms with E-state index in [-0.39, 0.29) is 5.41 Å². The van der Waals surface area contributed by atoms with Crippen LogP contribution < -0.4 is 0 Å². The summed E-state index contributed by atoms with van der Waals surface area (Å²) in [5, 5.41) is 0. The van der Waals surface area contributed by atoms with E-state index < -0.39 is 0 Å². The molecule has 0 N–H and O–H groups in total. The zero-order valence-electron chi connectivity index (χ0n) is 16.4. The van der Waals surface area contributed by atoms with Gasteiger partial charge in [0.1, 0.15) is 0 Å². The minimum Gasteiger partial charge on any atom is -0.294 e. The zero-order valence-corrected chi connectivity index (χ0v) is 18.0. The molecule has 0 aromatic heterocycles. The minimum absolute atomic E-state index is 0.0644. The normalized spacial score (nSPS) is 46.4. The molecule has 0 aromatic carbocycles. The smallest absolute Gasteiger partial charge is 0.166 e. The number of rotatable bonds is 2. The van der Waals surface area contributed by atoms with E-state index in [1.807, 2.05) is 0 Å². The lowest BCUT2D eigenvalue weighted by atomic mass is 9.45. The van der Waals surface area contributed by atoms with Gasteiger partial charge in [0, 0.05) is 15.2 Å². The lowest BCUT2D eigenvalue weighted by Gasteiger charge is -2.59. The summed E-state index contributed by atoms with van der Waals surface area (Å²) in [6.07, 6.45) is 16.4.